The number of nitrogens with zero attached hydrogens (tertiary/aromatic N) is 1. The predicted molar refractivity (Wildman–Crippen MR) is 117 cm³/mol. The normalized spacial score (nSPS) is 18.9. The highest BCUT2D eigenvalue weighted by atomic mass is 79.9. The summed E-state index contributed by atoms with van der Waals surface area (Å²) in [6.07, 6.45) is 3.06. The molecule has 0 saturated carbocycles. The zero-order chi connectivity index (χ0) is 20.0. The van der Waals surface area contributed by atoms with E-state index in [4.69, 9.17) is 4.74 Å². The molecule has 0 unspecified atom stereocenters. The van der Waals surface area contributed by atoms with E-state index in [1.807, 2.05) is 18.2 Å². The molecule has 3 aromatic rings. The summed E-state index contributed by atoms with van der Waals surface area (Å²) >= 11 is 3.34. The number of ether oxygens (including phenoxy) is 1. The number of H-pyrrole nitrogens is 1. The standard InChI is InChI=1S/C23H25BrFN3O/c1-29-17-4-5-21-19(13-17)18-6-9-26-23(22(18)27-21)7-10-28(11-8-23)14-15-2-3-16(24)12-20(15)25/h2-5,12-13,26-27H,6-11,14H2,1H3. The number of fused-ring (bicyclic) bond motifs is 4. The maximum absolute atomic E-state index is 14.2. The molecule has 0 bridgehead atoms. The molecule has 2 aliphatic heterocycles. The van der Waals surface area contributed by atoms with Crippen molar-refractivity contribution in [1.82, 2.24) is 15.2 Å². The second-order valence-corrected chi connectivity index (χ2v) is 9.08. The zero-order valence-corrected chi connectivity index (χ0v) is 18.1. The third-order valence-corrected chi connectivity index (χ3v) is 7.04. The lowest BCUT2D eigenvalue weighted by molar-refractivity contribution is 0.120. The van der Waals surface area contributed by atoms with Crippen molar-refractivity contribution < 1.29 is 9.13 Å². The molecule has 1 saturated heterocycles. The number of nitrogens with one attached hydrogen (secondary N) is 2. The predicted octanol–water partition coefficient (Wildman–Crippen LogP) is 4.72. The summed E-state index contributed by atoms with van der Waals surface area (Å²) in [5.41, 5.74) is 4.68. The molecule has 3 heterocycles. The molecule has 0 aliphatic carbocycles. The van der Waals surface area contributed by atoms with E-state index in [1.165, 1.54) is 22.2 Å². The Balaban J connectivity index is 1.38. The molecule has 6 heteroatoms. The van der Waals surface area contributed by atoms with E-state index in [0.29, 0.717) is 6.54 Å². The molecule has 2 aliphatic rings. The fraction of sp³-hybridized carbons (Fsp3) is 0.391. The summed E-state index contributed by atoms with van der Waals surface area (Å²) in [4.78, 5) is 6.07. The van der Waals surface area contributed by atoms with Gasteiger partial charge in [0.1, 0.15) is 11.6 Å². The van der Waals surface area contributed by atoms with Crippen LogP contribution in [0.2, 0.25) is 0 Å². The highest BCUT2D eigenvalue weighted by Gasteiger charge is 2.41. The number of likely N-dealkylation sites (tertiary alicyclic amines) is 1. The van der Waals surface area contributed by atoms with Gasteiger partial charge in [-0.15, -0.1) is 0 Å². The topological polar surface area (TPSA) is 40.3 Å². The number of aromatic nitrogens is 1. The second kappa shape index (κ2) is 7.42. The van der Waals surface area contributed by atoms with Gasteiger partial charge in [-0.3, -0.25) is 4.90 Å². The van der Waals surface area contributed by atoms with Gasteiger partial charge in [0.2, 0.25) is 0 Å². The number of benzene rings is 2. The molecule has 29 heavy (non-hydrogen) atoms. The van der Waals surface area contributed by atoms with Crippen LogP contribution in [0.3, 0.4) is 0 Å². The Morgan fingerprint density at radius 1 is 1.17 bits per heavy atom. The van der Waals surface area contributed by atoms with Gasteiger partial charge in [-0.25, -0.2) is 4.39 Å². The molecular weight excluding hydrogens is 433 g/mol. The number of piperidine rings is 1. The maximum atomic E-state index is 14.2. The lowest BCUT2D eigenvalue weighted by Gasteiger charge is -2.45. The zero-order valence-electron chi connectivity index (χ0n) is 16.5. The van der Waals surface area contributed by atoms with E-state index >= 15 is 0 Å². The van der Waals surface area contributed by atoms with Crippen molar-refractivity contribution in [3.63, 3.8) is 0 Å². The van der Waals surface area contributed by atoms with Crippen LogP contribution in [0.5, 0.6) is 5.75 Å². The fourth-order valence-corrected chi connectivity index (χ4v) is 5.28. The SMILES string of the molecule is COc1ccc2[nH]c3c(c2c1)CCNC31CCN(Cc2ccc(Br)cc2F)CC1. The van der Waals surface area contributed by atoms with Crippen LogP contribution in [0.25, 0.3) is 10.9 Å². The van der Waals surface area contributed by atoms with Crippen molar-refractivity contribution in [2.45, 2.75) is 31.3 Å². The average molecular weight is 458 g/mol. The Morgan fingerprint density at radius 3 is 2.76 bits per heavy atom. The minimum Gasteiger partial charge on any atom is -0.497 e. The van der Waals surface area contributed by atoms with Crippen LogP contribution < -0.4 is 10.1 Å². The first-order valence-electron chi connectivity index (χ1n) is 10.2. The van der Waals surface area contributed by atoms with Gasteiger partial charge in [0.15, 0.2) is 0 Å². The van der Waals surface area contributed by atoms with Crippen LogP contribution in [0, 0.1) is 5.82 Å². The van der Waals surface area contributed by atoms with Crippen molar-refractivity contribution >= 4 is 26.8 Å². The monoisotopic (exact) mass is 457 g/mol. The van der Waals surface area contributed by atoms with Crippen LogP contribution in [-0.2, 0) is 18.5 Å². The number of hydrogen-bond acceptors (Lipinski definition) is 3. The van der Waals surface area contributed by atoms with Gasteiger partial charge in [0, 0.05) is 52.8 Å². The quantitative estimate of drug-likeness (QED) is 0.597. The number of rotatable bonds is 3. The first kappa shape index (κ1) is 19.1. The lowest BCUT2D eigenvalue weighted by Crippen LogP contribution is -2.54. The largest absolute Gasteiger partial charge is 0.497 e. The van der Waals surface area contributed by atoms with Crippen LogP contribution >= 0.6 is 15.9 Å². The van der Waals surface area contributed by atoms with Gasteiger partial charge in [-0.05, 0) is 55.2 Å². The summed E-state index contributed by atoms with van der Waals surface area (Å²) < 4.78 is 20.5. The molecule has 4 nitrogen and oxygen atoms in total. The van der Waals surface area contributed by atoms with Crippen molar-refractivity contribution in [2.24, 2.45) is 0 Å². The molecule has 1 spiro atoms. The number of methoxy groups -OCH3 is 1. The molecule has 0 radical (unpaired) electrons. The third kappa shape index (κ3) is 3.37. The minimum absolute atomic E-state index is 0.0192. The van der Waals surface area contributed by atoms with Crippen LogP contribution in [0.1, 0.15) is 29.7 Å². The smallest absolute Gasteiger partial charge is 0.128 e. The van der Waals surface area contributed by atoms with Gasteiger partial charge in [0.25, 0.3) is 0 Å². The summed E-state index contributed by atoms with van der Waals surface area (Å²) in [5, 5.41) is 5.09. The molecule has 2 N–H and O–H groups in total. The van der Waals surface area contributed by atoms with E-state index in [9.17, 15) is 4.39 Å². The Labute approximate surface area is 178 Å². The van der Waals surface area contributed by atoms with Crippen molar-refractivity contribution in [3.05, 3.63) is 63.5 Å². The highest BCUT2D eigenvalue weighted by molar-refractivity contribution is 9.10. The Morgan fingerprint density at radius 2 is 2.00 bits per heavy atom. The van der Waals surface area contributed by atoms with Gasteiger partial charge < -0.3 is 15.0 Å². The fourth-order valence-electron chi connectivity index (χ4n) is 4.95. The van der Waals surface area contributed by atoms with E-state index in [1.54, 1.807) is 13.2 Å². The molecule has 152 valence electrons. The number of aromatic amines is 1. The molecule has 0 atom stereocenters. The second-order valence-electron chi connectivity index (χ2n) is 8.16. The number of halogens is 2. The summed E-state index contributed by atoms with van der Waals surface area (Å²) in [5.74, 6) is 0.764. The van der Waals surface area contributed by atoms with E-state index in [0.717, 1.165) is 54.7 Å². The van der Waals surface area contributed by atoms with Gasteiger partial charge in [-0.1, -0.05) is 22.0 Å². The van der Waals surface area contributed by atoms with Crippen molar-refractivity contribution in [3.8, 4) is 5.75 Å². The van der Waals surface area contributed by atoms with Crippen LogP contribution in [-0.4, -0.2) is 36.6 Å². The van der Waals surface area contributed by atoms with Crippen molar-refractivity contribution in [2.75, 3.05) is 26.7 Å². The molecule has 1 aromatic heterocycles. The van der Waals surface area contributed by atoms with Crippen LogP contribution in [0.4, 0.5) is 4.39 Å². The molecule has 1 fully saturated rings. The van der Waals surface area contributed by atoms with Gasteiger partial charge in [0.05, 0.1) is 12.6 Å². The summed E-state index contributed by atoms with van der Waals surface area (Å²) in [6.45, 7) is 3.53. The lowest BCUT2D eigenvalue weighted by atomic mass is 9.79. The van der Waals surface area contributed by atoms with E-state index in [-0.39, 0.29) is 11.4 Å². The van der Waals surface area contributed by atoms with Crippen LogP contribution in [0.15, 0.2) is 40.9 Å². The van der Waals surface area contributed by atoms with Gasteiger partial charge >= 0.3 is 0 Å². The summed E-state index contributed by atoms with van der Waals surface area (Å²) in [7, 11) is 1.72. The molecule has 2 aromatic carbocycles. The third-order valence-electron chi connectivity index (χ3n) is 6.55. The van der Waals surface area contributed by atoms with E-state index < -0.39 is 0 Å². The van der Waals surface area contributed by atoms with Crippen molar-refractivity contribution in [1.29, 1.82) is 0 Å². The number of hydrogen-bond donors (Lipinski definition) is 2. The molecule has 0 amide bonds. The molecule has 5 rings (SSSR count). The Hall–Kier alpha value is -1.89. The summed E-state index contributed by atoms with van der Waals surface area (Å²) in [6, 6.07) is 11.6. The first-order chi connectivity index (χ1) is 14.1. The molecular formula is C23H25BrFN3O. The first-order valence-corrected chi connectivity index (χ1v) is 11.0. The average Bonchev–Trinajstić information content (AvgIpc) is 3.11. The van der Waals surface area contributed by atoms with E-state index in [2.05, 4.69) is 43.3 Å². The van der Waals surface area contributed by atoms with Gasteiger partial charge in [-0.2, -0.15) is 0 Å². The minimum atomic E-state index is -0.137. The maximum Gasteiger partial charge on any atom is 0.128 e. The highest BCUT2D eigenvalue weighted by Crippen LogP contribution is 2.41. The Bertz CT molecular complexity index is 1060. The Kier molecular flexibility index (Phi) is 4.88.